The highest BCUT2D eigenvalue weighted by atomic mass is 16.8. The first-order chi connectivity index (χ1) is 65.5. The van der Waals surface area contributed by atoms with Crippen molar-refractivity contribution < 1.29 is 171 Å². The third-order valence-electron chi connectivity index (χ3n) is 24.8. The number of hydrogen-bond acceptors (Lipinski definition) is 36. The monoisotopic (exact) mass is 1880 g/mol. The molecule has 7 aromatic rings. The molecule has 21 aliphatic heterocycles. The second-order valence-electron chi connectivity index (χ2n) is 34.0. The topological polar surface area (TPSA) is 515 Å². The van der Waals surface area contributed by atoms with Crippen molar-refractivity contribution in [3.05, 3.63) is 262 Å². The van der Waals surface area contributed by atoms with E-state index in [9.17, 15) is 66.4 Å². The molecule has 0 spiro atoms. The molecular formula is C96H121N3O35. The van der Waals surface area contributed by atoms with E-state index in [4.69, 9.17) is 110 Å². The molecule has 38 nitrogen and oxygen atoms in total. The van der Waals surface area contributed by atoms with Crippen molar-refractivity contribution in [3.63, 3.8) is 0 Å². The molecule has 7 aromatic carbocycles. The third-order valence-corrected chi connectivity index (χ3v) is 24.8. The van der Waals surface area contributed by atoms with Crippen LogP contribution in [0.4, 0.5) is 0 Å². The molecule has 21 aliphatic rings. The summed E-state index contributed by atoms with van der Waals surface area (Å²) < 4.78 is 148. The van der Waals surface area contributed by atoms with Gasteiger partial charge in [-0.05, 0) is 57.3 Å². The van der Waals surface area contributed by atoms with Gasteiger partial charge in [-0.15, -0.1) is 0 Å². The van der Waals surface area contributed by atoms with E-state index in [-0.39, 0.29) is 59.4 Å². The molecule has 14 bridgehead atoms. The minimum Gasteiger partial charge on any atom is -0.394 e. The Morgan fingerprint density at radius 2 is 0.418 bits per heavy atom. The quantitative estimate of drug-likeness (QED) is 0.0118. The fourth-order valence-corrected chi connectivity index (χ4v) is 17.7. The van der Waals surface area contributed by atoms with Crippen LogP contribution in [0.25, 0.3) is 10.4 Å². The van der Waals surface area contributed by atoms with E-state index < -0.39 is 261 Å². The maximum atomic E-state index is 13.5. The van der Waals surface area contributed by atoms with Gasteiger partial charge in [-0.25, -0.2) is 0 Å². The summed E-state index contributed by atoms with van der Waals surface area (Å²) in [7, 11) is 0. The smallest absolute Gasteiger partial charge is 0.187 e. The summed E-state index contributed by atoms with van der Waals surface area (Å²) >= 11 is 0. The molecule has 0 amide bonds. The molecule has 38 heteroatoms. The Bertz CT molecular complexity index is 4500. The Labute approximate surface area is 773 Å². The molecular weight excluding hydrogens is 1760 g/mol. The molecule has 21 heterocycles. The third kappa shape index (κ3) is 25.4. The molecule has 35 atom stereocenters. The molecule has 0 radical (unpaired) electrons. The van der Waals surface area contributed by atoms with Crippen LogP contribution in [0.15, 0.2) is 217 Å². The molecule has 13 N–H and O–H groups in total. The van der Waals surface area contributed by atoms with Crippen LogP contribution in [-0.2, 0) is 150 Å². The van der Waals surface area contributed by atoms with E-state index in [0.717, 1.165) is 0 Å². The van der Waals surface area contributed by atoms with E-state index in [2.05, 4.69) is 10.0 Å². The minimum atomic E-state index is -1.96. The van der Waals surface area contributed by atoms with Gasteiger partial charge in [0.15, 0.2) is 44.0 Å². The summed E-state index contributed by atoms with van der Waals surface area (Å²) in [5.74, 6) is 0. The maximum Gasteiger partial charge on any atom is 0.187 e. The Morgan fingerprint density at radius 3 is 0.597 bits per heavy atom. The number of nitrogens with zero attached hydrogens (tertiary/aromatic N) is 3. The van der Waals surface area contributed by atoms with Gasteiger partial charge in [0.1, 0.15) is 171 Å². The average molecular weight is 1880 g/mol. The second-order valence-corrected chi connectivity index (χ2v) is 34.0. The summed E-state index contributed by atoms with van der Waals surface area (Å²) in [4.78, 5) is 2.86. The molecule has 21 fully saturated rings. The van der Waals surface area contributed by atoms with E-state index in [0.29, 0.717) is 58.2 Å². The van der Waals surface area contributed by atoms with E-state index in [1.807, 2.05) is 0 Å². The fraction of sp³-hybridized carbons (Fsp3) is 0.562. The van der Waals surface area contributed by atoms with Crippen LogP contribution < -0.4 is 0 Å². The summed E-state index contributed by atoms with van der Waals surface area (Å²) in [6, 6.07) is 61.5. The Kier molecular flexibility index (Phi) is 37.9. The molecule has 730 valence electrons. The molecule has 0 aromatic heterocycles. The van der Waals surface area contributed by atoms with Crippen molar-refractivity contribution in [1.29, 1.82) is 0 Å². The standard InChI is InChI=1S/C96H121N3O35/c97-99-98-39-23-8-24-40-113-54-68-82-75(112)89(120-53-61-37-21-7-22-38-61)96(127-68)133-81-67(46-105)125-94(87(74(81)111)118-51-59-33-17-5-18-34-59)131-79-65(44-103)123-92(85(72(79)109)116-49-57-29-13-3-14-30-57)129-77-63(42-101)121-90(83(70(77)107)114-47-55-25-9-1-10-26-55)128-76-62(41-100)122-91(84(69(76)106)115-48-56-27-11-2-12-28-56)130-78-64(43-102)124-93(86(71(78)108)117-50-58-31-15-4-16-32-58)132-80-66(45-104)126-95(134-82)88(73(80)110)119-52-60-35-19-6-20-36-60/h1-7,9-22,25-38,62-96,100-112H,8,23-24,39-54H2/t62-,63-,64-,65-,66-,67-,68-,69-,70+,71-,72+,73-,74+,75+,76-,77-,78-,79-,80-,81-,82-,83-,84+,85-,86+,87-,88-,89-,90-,91-,92-,93-,94-,95-,96-/m1/s1. The van der Waals surface area contributed by atoms with Crippen LogP contribution in [0.5, 0.6) is 0 Å². The molecule has 134 heavy (non-hydrogen) atoms. The van der Waals surface area contributed by atoms with Crippen molar-refractivity contribution >= 4 is 0 Å². The number of unbranched alkanes of at least 4 members (excludes halogenated alkanes) is 2. The summed E-state index contributed by atoms with van der Waals surface area (Å²) in [5, 5.41) is 166. The highest BCUT2D eigenvalue weighted by Gasteiger charge is 2.62. The lowest BCUT2D eigenvalue weighted by Crippen LogP contribution is -2.69. The number of benzene rings is 7. The normalized spacial score (nSPS) is 36.6. The van der Waals surface area contributed by atoms with Crippen LogP contribution in [0.3, 0.4) is 0 Å². The molecule has 0 aliphatic carbocycles. The lowest BCUT2D eigenvalue weighted by Gasteiger charge is -2.51. The number of ether oxygens (including phenoxy) is 22. The van der Waals surface area contributed by atoms with Crippen molar-refractivity contribution in [3.8, 4) is 0 Å². The zero-order chi connectivity index (χ0) is 93.4. The number of aliphatic hydroxyl groups is 13. The largest absolute Gasteiger partial charge is 0.394 e. The van der Waals surface area contributed by atoms with Gasteiger partial charge in [0.25, 0.3) is 0 Å². The highest BCUT2D eigenvalue weighted by molar-refractivity contribution is 5.20. The van der Waals surface area contributed by atoms with Crippen LogP contribution in [0, 0.1) is 0 Å². The minimum absolute atomic E-state index is 0.0638. The van der Waals surface area contributed by atoms with E-state index in [1.54, 1.807) is 212 Å². The molecule has 28 rings (SSSR count). The van der Waals surface area contributed by atoms with E-state index in [1.165, 1.54) is 0 Å². The van der Waals surface area contributed by atoms with Crippen LogP contribution >= 0.6 is 0 Å². The second kappa shape index (κ2) is 50.3. The SMILES string of the molecule is [N-]=[N+]=NCCCCCOC[C@H]1O[C@@H]2O[C@H]3[C@H](O)[C@@H](OCc4ccccc4)[C@@H](O[C@H]4[C@H](O)[C@@H](OCc5ccccc5)[C@@H](O[C@H]5[C@H](O)[C@@H](OCc6ccccc6)[C@@H](O[C@H]6[C@@H](O)[C@H](OCc7ccccc7)[C@@H](O[C@H]7[C@@H](O)[C@H](OCc8ccccc8)[C@@H](O[C@H]8[C@@H](O)[C@@H](OCc9ccccc9)[C@@H](O[C@H]1[C@H](O)[C@H]2OCc1ccccc1)O[C@@H]8CO)O[C@@H]7CO)O[C@@H]6CO)O[C@@H]5CO)O[C@@H]4CO)O[C@@H]3CO. The van der Waals surface area contributed by atoms with Gasteiger partial charge in [0.05, 0.1) is 92.5 Å². The number of hydrogen-bond donors (Lipinski definition) is 13. The zero-order valence-corrected chi connectivity index (χ0v) is 73.5. The van der Waals surface area contributed by atoms with Gasteiger partial charge in [-0.2, -0.15) is 0 Å². The molecule has 21 saturated heterocycles. The van der Waals surface area contributed by atoms with Gasteiger partial charge in [0, 0.05) is 18.1 Å². The predicted molar refractivity (Wildman–Crippen MR) is 463 cm³/mol. The molecule has 0 saturated carbocycles. The number of rotatable bonds is 35. The first kappa shape index (κ1) is 101. The average Bonchev–Trinajstić information content (AvgIpc) is 0.776. The van der Waals surface area contributed by atoms with Crippen LogP contribution in [-0.4, -0.2) is 341 Å². The summed E-state index contributed by atoms with van der Waals surface area (Å²) in [5.41, 5.74) is 13.1. The lowest BCUT2D eigenvalue weighted by atomic mass is 9.94. The number of aliphatic hydroxyl groups excluding tert-OH is 13. The molecule has 0 unspecified atom stereocenters. The first-order valence-corrected chi connectivity index (χ1v) is 45.3. The predicted octanol–water partition coefficient (Wildman–Crippen LogP) is 2.85. The zero-order valence-electron chi connectivity index (χ0n) is 73.5. The van der Waals surface area contributed by atoms with E-state index >= 15 is 0 Å². The van der Waals surface area contributed by atoms with Gasteiger partial charge in [-0.3, -0.25) is 0 Å². The van der Waals surface area contributed by atoms with Crippen molar-refractivity contribution in [2.24, 2.45) is 5.11 Å². The summed E-state index contributed by atoms with van der Waals surface area (Å²) in [6.45, 7) is -7.60. The first-order valence-electron chi connectivity index (χ1n) is 45.3. The Hall–Kier alpha value is -7.55. The van der Waals surface area contributed by atoms with Crippen molar-refractivity contribution in [1.82, 2.24) is 0 Å². The fourth-order valence-electron chi connectivity index (χ4n) is 17.7. The number of azide groups is 1. The van der Waals surface area contributed by atoms with Gasteiger partial charge in [0.2, 0.25) is 0 Å². The lowest BCUT2D eigenvalue weighted by molar-refractivity contribution is -0.403. The Morgan fingerprint density at radius 1 is 0.239 bits per heavy atom. The Balaban J connectivity index is 0.843. The van der Waals surface area contributed by atoms with Crippen molar-refractivity contribution in [2.75, 3.05) is 59.4 Å². The van der Waals surface area contributed by atoms with Gasteiger partial charge in [-0.1, -0.05) is 224 Å². The van der Waals surface area contributed by atoms with Crippen LogP contribution in [0.1, 0.15) is 58.2 Å². The van der Waals surface area contributed by atoms with Gasteiger partial charge < -0.3 is 171 Å². The highest BCUT2D eigenvalue weighted by Crippen LogP contribution is 2.43. The van der Waals surface area contributed by atoms with Crippen molar-refractivity contribution in [2.45, 2.75) is 280 Å². The van der Waals surface area contributed by atoms with Crippen LogP contribution in [0.2, 0.25) is 0 Å². The van der Waals surface area contributed by atoms with Gasteiger partial charge >= 0.3 is 0 Å². The summed E-state index contributed by atoms with van der Waals surface area (Å²) in [6.07, 6.45) is -60.4. The maximum absolute atomic E-state index is 13.5.